The molecule has 2 aromatic carbocycles. The lowest BCUT2D eigenvalue weighted by atomic mass is 10.0. The number of benzene rings is 2. The van der Waals surface area contributed by atoms with Crippen LogP contribution in [-0.2, 0) is 6.18 Å². The van der Waals surface area contributed by atoms with E-state index in [1.165, 1.54) is 18.2 Å². The highest BCUT2D eigenvalue weighted by molar-refractivity contribution is 6.35. The van der Waals surface area contributed by atoms with Gasteiger partial charge in [-0.05, 0) is 29.8 Å². The molecule has 2 aromatic rings. The summed E-state index contributed by atoms with van der Waals surface area (Å²) in [4.78, 5) is 0. The Morgan fingerprint density at radius 1 is 0.895 bits per heavy atom. The predicted molar refractivity (Wildman–Crippen MR) is 66.9 cm³/mol. The Hall–Kier alpha value is -1.26. The van der Waals surface area contributed by atoms with E-state index in [9.17, 15) is 17.6 Å². The van der Waals surface area contributed by atoms with Crippen LogP contribution in [0, 0.1) is 5.82 Å². The average Bonchev–Trinajstić information content (AvgIpc) is 2.33. The van der Waals surface area contributed by atoms with Crippen LogP contribution in [0.3, 0.4) is 0 Å². The summed E-state index contributed by atoms with van der Waals surface area (Å²) in [6.45, 7) is 0. The summed E-state index contributed by atoms with van der Waals surface area (Å²) in [5.41, 5.74) is -0.172. The van der Waals surface area contributed by atoms with Gasteiger partial charge in [-0.25, -0.2) is 4.39 Å². The molecule has 100 valence electrons. The molecule has 0 aromatic heterocycles. The first-order valence-electron chi connectivity index (χ1n) is 5.11. The van der Waals surface area contributed by atoms with Gasteiger partial charge in [0.25, 0.3) is 0 Å². The minimum Gasteiger partial charge on any atom is -0.205 e. The highest BCUT2D eigenvalue weighted by Gasteiger charge is 2.30. The van der Waals surface area contributed by atoms with Gasteiger partial charge in [-0.2, -0.15) is 13.2 Å². The summed E-state index contributed by atoms with van der Waals surface area (Å²) in [5.74, 6) is -0.718. The molecule has 0 spiro atoms. The smallest absolute Gasteiger partial charge is 0.205 e. The molecular formula is C13H6Cl2F4. The van der Waals surface area contributed by atoms with Crippen LogP contribution in [0.1, 0.15) is 5.56 Å². The molecule has 0 amide bonds. The van der Waals surface area contributed by atoms with Crippen molar-refractivity contribution in [2.45, 2.75) is 6.18 Å². The quantitative estimate of drug-likeness (QED) is 0.460. The molecule has 0 unspecified atom stereocenters. The fourth-order valence-electron chi connectivity index (χ4n) is 1.60. The Morgan fingerprint density at radius 2 is 1.47 bits per heavy atom. The van der Waals surface area contributed by atoms with Gasteiger partial charge in [-0.1, -0.05) is 35.3 Å². The Balaban J connectivity index is 2.49. The number of alkyl halides is 3. The number of halogens is 6. The van der Waals surface area contributed by atoms with E-state index < -0.39 is 17.6 Å². The lowest BCUT2D eigenvalue weighted by Crippen LogP contribution is -2.04. The summed E-state index contributed by atoms with van der Waals surface area (Å²) in [5, 5.41) is -0.0547. The third-order valence-electron chi connectivity index (χ3n) is 2.52. The zero-order valence-electron chi connectivity index (χ0n) is 9.23. The van der Waals surface area contributed by atoms with Gasteiger partial charge in [0.1, 0.15) is 5.82 Å². The van der Waals surface area contributed by atoms with Crippen LogP contribution >= 0.6 is 23.2 Å². The third kappa shape index (κ3) is 3.01. The predicted octanol–water partition coefficient (Wildman–Crippen LogP) is 5.82. The molecule has 0 aliphatic carbocycles. The zero-order chi connectivity index (χ0) is 14.2. The highest BCUT2D eigenvalue weighted by atomic mass is 35.5. The van der Waals surface area contributed by atoms with E-state index in [0.29, 0.717) is 5.56 Å². The summed E-state index contributed by atoms with van der Waals surface area (Å²) in [7, 11) is 0. The van der Waals surface area contributed by atoms with E-state index in [0.717, 1.165) is 18.2 Å². The van der Waals surface area contributed by atoms with Gasteiger partial charge < -0.3 is 0 Å². The number of hydrogen-bond donors (Lipinski definition) is 0. The first kappa shape index (κ1) is 14.2. The maximum absolute atomic E-state index is 13.4. The zero-order valence-corrected chi connectivity index (χ0v) is 10.7. The fraction of sp³-hybridized carbons (Fsp3) is 0.0769. The Labute approximate surface area is 116 Å². The van der Waals surface area contributed by atoms with Crippen LogP contribution in [0.4, 0.5) is 17.6 Å². The Kier molecular flexibility index (Phi) is 3.74. The number of rotatable bonds is 1. The molecule has 19 heavy (non-hydrogen) atoms. The number of hydrogen-bond acceptors (Lipinski definition) is 0. The topological polar surface area (TPSA) is 0 Å². The van der Waals surface area contributed by atoms with Crippen LogP contribution in [-0.4, -0.2) is 0 Å². The molecule has 2 rings (SSSR count). The van der Waals surface area contributed by atoms with Crippen LogP contribution in [0.25, 0.3) is 11.1 Å². The van der Waals surface area contributed by atoms with Gasteiger partial charge in [-0.15, -0.1) is 0 Å². The molecule has 0 aliphatic heterocycles. The minimum absolute atomic E-state index is 0.122. The second kappa shape index (κ2) is 5.02. The van der Waals surface area contributed by atoms with Crippen molar-refractivity contribution in [2.24, 2.45) is 0 Å². The molecule has 0 nitrogen and oxygen atoms in total. The van der Waals surface area contributed by atoms with Crippen molar-refractivity contribution < 1.29 is 17.6 Å². The highest BCUT2D eigenvalue weighted by Crippen LogP contribution is 2.35. The maximum atomic E-state index is 13.4. The van der Waals surface area contributed by atoms with Gasteiger partial charge in [0.2, 0.25) is 0 Å². The van der Waals surface area contributed by atoms with Gasteiger partial charge in [-0.3, -0.25) is 0 Å². The van der Waals surface area contributed by atoms with Gasteiger partial charge >= 0.3 is 6.18 Å². The lowest BCUT2D eigenvalue weighted by Gasteiger charge is -2.09. The second-order valence-electron chi connectivity index (χ2n) is 3.82. The van der Waals surface area contributed by atoms with Crippen LogP contribution in [0.5, 0.6) is 0 Å². The van der Waals surface area contributed by atoms with E-state index >= 15 is 0 Å². The third-order valence-corrected chi connectivity index (χ3v) is 3.12. The molecule has 0 bridgehead atoms. The van der Waals surface area contributed by atoms with E-state index in [2.05, 4.69) is 0 Å². The Bertz CT molecular complexity index is 603. The van der Waals surface area contributed by atoms with Crippen LogP contribution < -0.4 is 0 Å². The molecule has 0 saturated heterocycles. The van der Waals surface area contributed by atoms with Gasteiger partial charge in [0.05, 0.1) is 10.6 Å². The molecule has 0 radical (unpaired) electrons. The van der Waals surface area contributed by atoms with Crippen LogP contribution in [0.2, 0.25) is 10.0 Å². The fourth-order valence-corrected chi connectivity index (χ4v) is 2.03. The minimum atomic E-state index is -4.41. The summed E-state index contributed by atoms with van der Waals surface area (Å²) < 4.78 is 50.7. The maximum Gasteiger partial charge on any atom is 0.416 e. The SMILES string of the molecule is Fc1cc(Cl)cc(-c2ccc(C(F)(F)F)cc2)c1Cl. The molecule has 0 aliphatic rings. The lowest BCUT2D eigenvalue weighted by molar-refractivity contribution is -0.137. The largest absolute Gasteiger partial charge is 0.416 e. The van der Waals surface area contributed by atoms with Gasteiger partial charge in [0, 0.05) is 10.6 Å². The summed E-state index contributed by atoms with van der Waals surface area (Å²) >= 11 is 11.5. The molecule has 0 saturated carbocycles. The standard InChI is InChI=1S/C13H6Cl2F4/c14-9-5-10(12(15)11(16)6-9)7-1-3-8(4-2-7)13(17,18)19/h1-6H. The van der Waals surface area contributed by atoms with Crippen molar-refractivity contribution in [1.82, 2.24) is 0 Å². The molecule has 0 N–H and O–H groups in total. The van der Waals surface area contributed by atoms with E-state index in [4.69, 9.17) is 23.2 Å². The first-order valence-corrected chi connectivity index (χ1v) is 5.87. The van der Waals surface area contributed by atoms with Crippen molar-refractivity contribution in [1.29, 1.82) is 0 Å². The van der Waals surface area contributed by atoms with E-state index in [-0.39, 0.29) is 15.6 Å². The van der Waals surface area contributed by atoms with Crippen LogP contribution in [0.15, 0.2) is 36.4 Å². The molecule has 0 atom stereocenters. The van der Waals surface area contributed by atoms with Crippen molar-refractivity contribution in [3.05, 3.63) is 57.8 Å². The molecule has 6 heteroatoms. The van der Waals surface area contributed by atoms with Gasteiger partial charge in [0.15, 0.2) is 0 Å². The normalized spacial score (nSPS) is 11.7. The molecule has 0 heterocycles. The first-order chi connectivity index (χ1) is 8.79. The van der Waals surface area contributed by atoms with Crippen molar-refractivity contribution >= 4 is 23.2 Å². The van der Waals surface area contributed by atoms with Crippen molar-refractivity contribution in [3.8, 4) is 11.1 Å². The van der Waals surface area contributed by atoms with Crippen molar-refractivity contribution in [2.75, 3.05) is 0 Å². The molecule has 0 fully saturated rings. The second-order valence-corrected chi connectivity index (χ2v) is 4.64. The summed E-state index contributed by atoms with van der Waals surface area (Å²) in [6, 6.07) is 6.70. The molecular weight excluding hydrogens is 303 g/mol. The van der Waals surface area contributed by atoms with E-state index in [1.807, 2.05) is 0 Å². The summed E-state index contributed by atoms with van der Waals surface area (Å²) in [6.07, 6.45) is -4.41. The average molecular weight is 309 g/mol. The van der Waals surface area contributed by atoms with Crippen molar-refractivity contribution in [3.63, 3.8) is 0 Å². The van der Waals surface area contributed by atoms with E-state index in [1.54, 1.807) is 0 Å². The monoisotopic (exact) mass is 308 g/mol. The Morgan fingerprint density at radius 3 is 2.00 bits per heavy atom.